The van der Waals surface area contributed by atoms with E-state index in [0.29, 0.717) is 0 Å². The molecule has 0 saturated heterocycles. The molecule has 0 spiro atoms. The number of nitrogens with one attached hydrogen (secondary N) is 2. The highest BCUT2D eigenvalue weighted by molar-refractivity contribution is 7.99. The van der Waals surface area contributed by atoms with E-state index in [4.69, 9.17) is 0 Å². The van der Waals surface area contributed by atoms with Crippen LogP contribution < -0.4 is 10.0 Å². The van der Waals surface area contributed by atoms with Crippen LogP contribution in [0.1, 0.15) is 37.0 Å². The van der Waals surface area contributed by atoms with Gasteiger partial charge in [0.25, 0.3) is 0 Å². The van der Waals surface area contributed by atoms with E-state index in [0.717, 1.165) is 34.7 Å². The Kier molecular flexibility index (Phi) is 4.66. The first kappa shape index (κ1) is 16.4. The summed E-state index contributed by atoms with van der Waals surface area (Å²) < 4.78 is 3.74. The molecule has 1 heterocycles. The van der Waals surface area contributed by atoms with E-state index in [9.17, 15) is 9.90 Å². The van der Waals surface area contributed by atoms with Gasteiger partial charge in [0, 0.05) is 5.69 Å². The summed E-state index contributed by atoms with van der Waals surface area (Å²) in [5, 5.41) is 14.8. The van der Waals surface area contributed by atoms with Crippen LogP contribution in [0.3, 0.4) is 0 Å². The lowest BCUT2D eigenvalue weighted by Crippen LogP contribution is -2.23. The highest BCUT2D eigenvalue weighted by atomic mass is 32.2. The van der Waals surface area contributed by atoms with Gasteiger partial charge in [0.15, 0.2) is 0 Å². The number of hydrogen-bond donors (Lipinski definition) is 3. The average Bonchev–Trinajstić information content (AvgIpc) is 3.14. The van der Waals surface area contributed by atoms with Crippen molar-refractivity contribution in [2.24, 2.45) is 0 Å². The number of carbonyl (C=O) groups excluding carboxylic acids is 1. The fourth-order valence-corrected chi connectivity index (χ4v) is 4.36. The quantitative estimate of drug-likeness (QED) is 0.722. The van der Waals surface area contributed by atoms with E-state index >= 15 is 0 Å². The van der Waals surface area contributed by atoms with Crippen molar-refractivity contribution in [3.05, 3.63) is 46.3 Å². The van der Waals surface area contributed by atoms with E-state index < -0.39 is 5.60 Å². The first-order chi connectivity index (χ1) is 10.9. The number of anilines is 1. The maximum absolute atomic E-state index is 12.1. The number of thiophene rings is 1. The molecule has 0 fully saturated rings. The lowest BCUT2D eigenvalue weighted by Gasteiger charge is -2.14. The Balaban J connectivity index is 1.58. The first-order valence-corrected chi connectivity index (χ1v) is 9.29. The average molecular weight is 348 g/mol. The Bertz CT molecular complexity index is 720. The van der Waals surface area contributed by atoms with Crippen molar-refractivity contribution in [2.75, 3.05) is 5.32 Å². The third-order valence-corrected chi connectivity index (χ3v) is 5.79. The molecule has 0 atom stereocenters. The van der Waals surface area contributed by atoms with Gasteiger partial charge in [-0.15, -0.1) is 11.3 Å². The lowest BCUT2D eigenvalue weighted by atomic mass is 10.0. The molecular formula is C17H20N2O2S2. The number of hydrogen-bond acceptors (Lipinski definition) is 4. The van der Waals surface area contributed by atoms with Crippen LogP contribution in [0.5, 0.6) is 0 Å². The third-order valence-electron chi connectivity index (χ3n) is 3.92. The van der Waals surface area contributed by atoms with E-state index in [1.807, 2.05) is 23.6 Å². The Morgan fingerprint density at radius 2 is 2.17 bits per heavy atom. The lowest BCUT2D eigenvalue weighted by molar-refractivity contribution is 0.0789. The number of fused-ring (bicyclic) bond motifs is 1. The largest absolute Gasteiger partial charge is 0.386 e. The van der Waals surface area contributed by atoms with Crippen LogP contribution in [0, 0.1) is 0 Å². The van der Waals surface area contributed by atoms with Crippen molar-refractivity contribution in [3.8, 4) is 0 Å². The maximum Gasteiger partial charge on any atom is 0.329 e. The number of urea groups is 1. The van der Waals surface area contributed by atoms with E-state index in [2.05, 4.69) is 16.1 Å². The van der Waals surface area contributed by atoms with Crippen LogP contribution in [-0.4, -0.2) is 11.1 Å². The Morgan fingerprint density at radius 1 is 1.35 bits per heavy atom. The minimum atomic E-state index is -0.859. The smallest absolute Gasteiger partial charge is 0.329 e. The molecule has 1 aromatic carbocycles. The second-order valence-electron chi connectivity index (χ2n) is 6.17. The number of benzene rings is 1. The second kappa shape index (κ2) is 6.55. The normalized spacial score (nSPS) is 13.7. The van der Waals surface area contributed by atoms with Crippen molar-refractivity contribution >= 4 is 35.0 Å². The molecule has 0 aliphatic heterocycles. The van der Waals surface area contributed by atoms with Crippen molar-refractivity contribution < 1.29 is 9.90 Å². The van der Waals surface area contributed by atoms with Gasteiger partial charge in [-0.3, -0.25) is 4.72 Å². The predicted molar refractivity (Wildman–Crippen MR) is 96.0 cm³/mol. The highest BCUT2D eigenvalue weighted by Crippen LogP contribution is 2.31. The van der Waals surface area contributed by atoms with Crippen molar-refractivity contribution in [2.45, 2.75) is 42.9 Å². The maximum atomic E-state index is 12.1. The van der Waals surface area contributed by atoms with Gasteiger partial charge in [-0.2, -0.15) is 0 Å². The molecule has 0 saturated carbocycles. The van der Waals surface area contributed by atoms with Gasteiger partial charge < -0.3 is 10.4 Å². The minimum Gasteiger partial charge on any atom is -0.386 e. The molecule has 4 nitrogen and oxygen atoms in total. The van der Waals surface area contributed by atoms with E-state index in [-0.39, 0.29) is 6.03 Å². The molecule has 1 aliphatic carbocycles. The van der Waals surface area contributed by atoms with Crippen molar-refractivity contribution in [3.63, 3.8) is 0 Å². The fourth-order valence-electron chi connectivity index (χ4n) is 2.67. The SMILES string of the molecule is CC(C)(O)c1csc(SNC(=O)Nc2cccc3c2CCC3)c1. The van der Waals surface area contributed by atoms with Gasteiger partial charge in [0.2, 0.25) is 0 Å². The van der Waals surface area contributed by atoms with Crippen LogP contribution in [0.15, 0.2) is 33.9 Å². The highest BCUT2D eigenvalue weighted by Gasteiger charge is 2.18. The first-order valence-electron chi connectivity index (χ1n) is 7.59. The van der Waals surface area contributed by atoms with Crippen LogP contribution in [0.25, 0.3) is 0 Å². The zero-order chi connectivity index (χ0) is 16.4. The molecule has 3 rings (SSSR count). The summed E-state index contributed by atoms with van der Waals surface area (Å²) >= 11 is 2.77. The standard InChI is InChI=1S/C17H20N2O2S2/c1-17(2,21)12-9-15(22-10-12)23-19-16(20)18-14-8-4-6-11-5-3-7-13(11)14/h4,6,8-10,21H,3,5,7H2,1-2H3,(H2,18,19,20). The fraction of sp³-hybridized carbons (Fsp3) is 0.353. The topological polar surface area (TPSA) is 61.4 Å². The van der Waals surface area contributed by atoms with Crippen molar-refractivity contribution in [1.29, 1.82) is 0 Å². The molecule has 2 aromatic rings. The van der Waals surface area contributed by atoms with Gasteiger partial charge >= 0.3 is 6.03 Å². The molecule has 23 heavy (non-hydrogen) atoms. The van der Waals surface area contributed by atoms with Gasteiger partial charge in [-0.05, 0) is 79.3 Å². The number of rotatable bonds is 4. The summed E-state index contributed by atoms with van der Waals surface area (Å²) in [5.74, 6) is 0. The number of aliphatic hydroxyl groups is 1. The Morgan fingerprint density at radius 3 is 2.91 bits per heavy atom. The minimum absolute atomic E-state index is 0.228. The van der Waals surface area contributed by atoms with Crippen molar-refractivity contribution in [1.82, 2.24) is 4.72 Å². The van der Waals surface area contributed by atoms with Crippen LogP contribution >= 0.6 is 23.3 Å². The van der Waals surface area contributed by atoms with E-state index in [1.165, 1.54) is 34.4 Å². The zero-order valence-electron chi connectivity index (χ0n) is 13.2. The molecule has 0 bridgehead atoms. The van der Waals surface area contributed by atoms with E-state index in [1.54, 1.807) is 13.8 Å². The summed E-state index contributed by atoms with van der Waals surface area (Å²) in [5.41, 5.74) is 3.49. The molecule has 3 N–H and O–H groups in total. The summed E-state index contributed by atoms with van der Waals surface area (Å²) in [6.07, 6.45) is 3.27. The molecule has 0 unspecified atom stereocenters. The molecule has 122 valence electrons. The molecule has 1 aromatic heterocycles. The summed E-state index contributed by atoms with van der Waals surface area (Å²) in [6, 6.07) is 7.74. The summed E-state index contributed by atoms with van der Waals surface area (Å²) in [7, 11) is 0. The van der Waals surface area contributed by atoms with Crippen LogP contribution in [0.2, 0.25) is 0 Å². The molecule has 6 heteroatoms. The van der Waals surface area contributed by atoms with Gasteiger partial charge in [0.05, 0.1) is 9.81 Å². The number of aryl methyl sites for hydroxylation is 1. The molecular weight excluding hydrogens is 328 g/mol. The molecule has 0 radical (unpaired) electrons. The molecule has 1 aliphatic rings. The number of amides is 2. The van der Waals surface area contributed by atoms with Crippen LogP contribution in [0.4, 0.5) is 10.5 Å². The zero-order valence-corrected chi connectivity index (χ0v) is 14.8. The molecule has 2 amide bonds. The van der Waals surface area contributed by atoms with Gasteiger partial charge in [-0.1, -0.05) is 12.1 Å². The number of carbonyl (C=O) groups is 1. The summed E-state index contributed by atoms with van der Waals surface area (Å²) in [6.45, 7) is 3.50. The monoisotopic (exact) mass is 348 g/mol. The van der Waals surface area contributed by atoms with Crippen LogP contribution in [-0.2, 0) is 18.4 Å². The Labute approximate surface area is 144 Å². The van der Waals surface area contributed by atoms with Gasteiger partial charge in [-0.25, -0.2) is 4.79 Å². The third kappa shape index (κ3) is 3.88. The van der Waals surface area contributed by atoms with Gasteiger partial charge in [0.1, 0.15) is 0 Å². The predicted octanol–water partition coefficient (Wildman–Crippen LogP) is 4.29. The second-order valence-corrected chi connectivity index (χ2v) is 8.19. The summed E-state index contributed by atoms with van der Waals surface area (Å²) in [4.78, 5) is 12.1. The Hall–Kier alpha value is -1.50.